The topological polar surface area (TPSA) is 55.7 Å². The van der Waals surface area contributed by atoms with E-state index in [1.807, 2.05) is 12.4 Å². The van der Waals surface area contributed by atoms with E-state index in [0.717, 1.165) is 55.2 Å². The highest BCUT2D eigenvalue weighted by atomic mass is 16.5. The summed E-state index contributed by atoms with van der Waals surface area (Å²) in [5, 5.41) is 0. The molecule has 28 heavy (non-hydrogen) atoms. The van der Waals surface area contributed by atoms with Crippen LogP contribution in [0.2, 0.25) is 0 Å². The summed E-state index contributed by atoms with van der Waals surface area (Å²) in [4.78, 5) is 13.0. The summed E-state index contributed by atoms with van der Waals surface area (Å²) in [5.74, 6) is 1.42. The van der Waals surface area contributed by atoms with Gasteiger partial charge in [-0.25, -0.2) is 9.97 Å². The first-order chi connectivity index (χ1) is 13.8. The van der Waals surface area contributed by atoms with Gasteiger partial charge in [0.1, 0.15) is 5.82 Å². The molecule has 0 radical (unpaired) electrons. The zero-order valence-corrected chi connectivity index (χ0v) is 16.1. The van der Waals surface area contributed by atoms with Crippen LogP contribution in [0.5, 0.6) is 0 Å². The van der Waals surface area contributed by atoms with E-state index in [1.54, 1.807) is 0 Å². The molecule has 5 heteroatoms. The molecule has 0 saturated carbocycles. The van der Waals surface area contributed by atoms with Crippen LogP contribution in [0.3, 0.4) is 0 Å². The largest absolute Gasteiger partial charge is 0.381 e. The van der Waals surface area contributed by atoms with Gasteiger partial charge in [0, 0.05) is 31.1 Å². The lowest BCUT2D eigenvalue weighted by Crippen LogP contribution is -2.11. The van der Waals surface area contributed by atoms with E-state index in [4.69, 9.17) is 14.7 Å². The predicted molar refractivity (Wildman–Crippen MR) is 110 cm³/mol. The van der Waals surface area contributed by atoms with Crippen molar-refractivity contribution in [3.05, 3.63) is 71.9 Å². The van der Waals surface area contributed by atoms with Crippen LogP contribution in [0.4, 0.5) is 0 Å². The highest BCUT2D eigenvalue weighted by molar-refractivity contribution is 5.78. The van der Waals surface area contributed by atoms with Gasteiger partial charge in [0.15, 0.2) is 0 Å². The molecule has 0 bridgehead atoms. The van der Waals surface area contributed by atoms with Crippen molar-refractivity contribution in [1.29, 1.82) is 0 Å². The minimum absolute atomic E-state index is 0.399. The lowest BCUT2D eigenvalue weighted by molar-refractivity contribution is 0.193. The van der Waals surface area contributed by atoms with Gasteiger partial charge >= 0.3 is 0 Å². The van der Waals surface area contributed by atoms with Crippen LogP contribution in [0.15, 0.2) is 54.9 Å². The van der Waals surface area contributed by atoms with Crippen molar-refractivity contribution in [3.63, 3.8) is 0 Å². The van der Waals surface area contributed by atoms with Crippen molar-refractivity contribution < 1.29 is 4.74 Å². The molecule has 5 nitrogen and oxygen atoms in total. The maximum Gasteiger partial charge on any atom is 0.109 e. The van der Waals surface area contributed by atoms with E-state index >= 15 is 0 Å². The Bertz CT molecular complexity index is 1090. The van der Waals surface area contributed by atoms with Crippen molar-refractivity contribution in [2.45, 2.75) is 32.2 Å². The number of hydrogen-bond donors (Lipinski definition) is 1. The molecule has 1 saturated heterocycles. The third kappa shape index (κ3) is 3.12. The van der Waals surface area contributed by atoms with Crippen molar-refractivity contribution in [2.24, 2.45) is 0 Å². The molecule has 4 aromatic rings. The van der Waals surface area contributed by atoms with Gasteiger partial charge in [-0.15, -0.1) is 0 Å². The number of para-hydroxylation sites is 1. The quantitative estimate of drug-likeness (QED) is 0.562. The number of aromatic nitrogens is 4. The Labute approximate surface area is 164 Å². The molecule has 0 spiro atoms. The van der Waals surface area contributed by atoms with Gasteiger partial charge in [0.2, 0.25) is 0 Å². The minimum atomic E-state index is 0.399. The summed E-state index contributed by atoms with van der Waals surface area (Å²) < 4.78 is 7.98. The van der Waals surface area contributed by atoms with Crippen LogP contribution in [-0.4, -0.2) is 32.7 Å². The summed E-state index contributed by atoms with van der Waals surface area (Å²) in [7, 11) is 0. The van der Waals surface area contributed by atoms with Crippen molar-refractivity contribution >= 4 is 11.0 Å². The van der Waals surface area contributed by atoms with Gasteiger partial charge < -0.3 is 14.3 Å². The number of nitrogens with one attached hydrogen (secondary N) is 1. The first kappa shape index (κ1) is 17.2. The molecule has 0 unspecified atom stereocenters. The minimum Gasteiger partial charge on any atom is -0.381 e. The average molecular weight is 372 g/mol. The number of nitrogens with zero attached hydrogens (tertiary/aromatic N) is 3. The van der Waals surface area contributed by atoms with Crippen LogP contribution < -0.4 is 0 Å². The van der Waals surface area contributed by atoms with Crippen molar-refractivity contribution in [2.75, 3.05) is 13.2 Å². The SMILES string of the molecule is Cc1cccc2[nH]c(CCn3cnc(-c4ccccc4)c3[C@H]3CCOC3)nc12. The molecule has 142 valence electrons. The highest BCUT2D eigenvalue weighted by Crippen LogP contribution is 2.33. The zero-order valence-electron chi connectivity index (χ0n) is 16.1. The zero-order chi connectivity index (χ0) is 18.9. The number of fused-ring (bicyclic) bond motifs is 1. The fourth-order valence-electron chi connectivity index (χ4n) is 4.14. The molecular weight excluding hydrogens is 348 g/mol. The molecule has 2 aromatic heterocycles. The molecule has 3 heterocycles. The average Bonchev–Trinajstić information content (AvgIpc) is 3.46. The highest BCUT2D eigenvalue weighted by Gasteiger charge is 2.26. The first-order valence-corrected chi connectivity index (χ1v) is 9.92. The van der Waals surface area contributed by atoms with E-state index in [2.05, 4.69) is 58.9 Å². The van der Waals surface area contributed by atoms with E-state index in [9.17, 15) is 0 Å². The molecule has 2 aromatic carbocycles. The Morgan fingerprint density at radius 3 is 2.82 bits per heavy atom. The first-order valence-electron chi connectivity index (χ1n) is 9.92. The Hall–Kier alpha value is -2.92. The fraction of sp³-hybridized carbons (Fsp3) is 0.304. The molecular formula is C23H24N4O. The Kier molecular flexibility index (Phi) is 4.45. The summed E-state index contributed by atoms with van der Waals surface area (Å²) in [6, 6.07) is 16.7. The maximum atomic E-state index is 5.68. The summed E-state index contributed by atoms with van der Waals surface area (Å²) in [6.45, 7) is 4.56. The van der Waals surface area contributed by atoms with Crippen LogP contribution in [0.25, 0.3) is 22.3 Å². The van der Waals surface area contributed by atoms with Crippen LogP contribution >= 0.6 is 0 Å². The van der Waals surface area contributed by atoms with Gasteiger partial charge in [0.05, 0.1) is 35.4 Å². The lowest BCUT2D eigenvalue weighted by Gasteiger charge is -2.14. The predicted octanol–water partition coefficient (Wildman–Crippen LogP) is 4.48. The number of benzene rings is 2. The van der Waals surface area contributed by atoms with Crippen molar-refractivity contribution in [3.8, 4) is 11.3 Å². The number of hydrogen-bond acceptors (Lipinski definition) is 3. The second kappa shape index (κ2) is 7.24. The van der Waals surface area contributed by atoms with E-state index in [0.29, 0.717) is 5.92 Å². The fourth-order valence-corrected chi connectivity index (χ4v) is 4.14. The number of rotatable bonds is 5. The Morgan fingerprint density at radius 2 is 2.04 bits per heavy atom. The molecule has 1 atom stereocenters. The van der Waals surface area contributed by atoms with Crippen LogP contribution in [0, 0.1) is 6.92 Å². The summed E-state index contributed by atoms with van der Waals surface area (Å²) >= 11 is 0. The van der Waals surface area contributed by atoms with Crippen LogP contribution in [-0.2, 0) is 17.7 Å². The Balaban J connectivity index is 1.45. The monoisotopic (exact) mass is 372 g/mol. The molecule has 5 rings (SSSR count). The van der Waals surface area contributed by atoms with E-state index < -0.39 is 0 Å². The van der Waals surface area contributed by atoms with Crippen LogP contribution in [0.1, 0.15) is 29.4 Å². The number of imidazole rings is 2. The molecule has 1 aliphatic heterocycles. The number of ether oxygens (including phenoxy) is 1. The van der Waals surface area contributed by atoms with Gasteiger partial charge in [-0.3, -0.25) is 0 Å². The van der Waals surface area contributed by atoms with Gasteiger partial charge in [-0.05, 0) is 25.0 Å². The molecule has 1 fully saturated rings. The molecule has 1 aliphatic rings. The number of H-pyrrole nitrogens is 1. The second-order valence-electron chi connectivity index (χ2n) is 7.50. The third-order valence-corrected chi connectivity index (χ3v) is 5.59. The third-order valence-electron chi connectivity index (χ3n) is 5.59. The van der Waals surface area contributed by atoms with Gasteiger partial charge in [0.25, 0.3) is 0 Å². The smallest absolute Gasteiger partial charge is 0.109 e. The molecule has 0 amide bonds. The maximum absolute atomic E-state index is 5.68. The Morgan fingerprint density at radius 1 is 1.14 bits per heavy atom. The number of aromatic amines is 1. The van der Waals surface area contributed by atoms with Gasteiger partial charge in [-0.1, -0.05) is 42.5 Å². The summed E-state index contributed by atoms with van der Waals surface area (Å²) in [6.07, 6.45) is 3.87. The number of aryl methyl sites for hydroxylation is 3. The van der Waals surface area contributed by atoms with E-state index in [-0.39, 0.29) is 0 Å². The normalized spacial score (nSPS) is 16.8. The molecule has 1 N–H and O–H groups in total. The standard InChI is InChI=1S/C23H24N4O/c1-16-6-5-9-19-21(16)26-20(25-19)10-12-27-15-24-22(17-7-3-2-4-8-17)23(27)18-11-13-28-14-18/h2-9,15,18H,10-14H2,1H3,(H,25,26)/t18-/m0/s1. The summed E-state index contributed by atoms with van der Waals surface area (Å²) in [5.41, 5.74) is 6.92. The second-order valence-corrected chi connectivity index (χ2v) is 7.50. The van der Waals surface area contributed by atoms with E-state index in [1.165, 1.54) is 16.8 Å². The van der Waals surface area contributed by atoms with Crippen molar-refractivity contribution in [1.82, 2.24) is 19.5 Å². The molecule has 0 aliphatic carbocycles. The lowest BCUT2D eigenvalue weighted by atomic mass is 9.99. The van der Waals surface area contributed by atoms with Gasteiger partial charge in [-0.2, -0.15) is 0 Å².